The van der Waals surface area contributed by atoms with E-state index in [1.54, 1.807) is 12.1 Å². The van der Waals surface area contributed by atoms with E-state index in [1.807, 2.05) is 6.92 Å². The molecule has 4 heteroatoms. The Hall–Kier alpha value is -1.42. The first-order valence-corrected chi connectivity index (χ1v) is 6.07. The molecule has 0 fully saturated rings. The van der Waals surface area contributed by atoms with Gasteiger partial charge in [0.05, 0.1) is 11.0 Å². The van der Waals surface area contributed by atoms with Crippen LogP contribution in [0.15, 0.2) is 18.2 Å². The molecule has 0 saturated heterocycles. The Labute approximate surface area is 100 Å². The molecule has 1 aromatic carbocycles. The number of hydrogen-bond donors (Lipinski definition) is 1. The molecule has 1 unspecified atom stereocenters. The number of aryl methyl sites for hydroxylation is 1. The zero-order valence-corrected chi connectivity index (χ0v) is 10.3. The van der Waals surface area contributed by atoms with Crippen molar-refractivity contribution < 1.29 is 4.39 Å². The molecule has 2 N–H and O–H groups in total. The first-order valence-electron chi connectivity index (χ1n) is 6.07. The van der Waals surface area contributed by atoms with Crippen molar-refractivity contribution in [2.24, 2.45) is 5.73 Å². The van der Waals surface area contributed by atoms with Crippen LogP contribution in [0.2, 0.25) is 0 Å². The summed E-state index contributed by atoms with van der Waals surface area (Å²) in [7, 11) is 0. The highest BCUT2D eigenvalue weighted by molar-refractivity contribution is 5.76. The van der Waals surface area contributed by atoms with Gasteiger partial charge in [0, 0.05) is 19.0 Å². The van der Waals surface area contributed by atoms with E-state index in [1.165, 1.54) is 6.07 Å². The molecule has 1 atom stereocenters. The van der Waals surface area contributed by atoms with Gasteiger partial charge < -0.3 is 10.3 Å². The molecular formula is C13H18FN3. The van der Waals surface area contributed by atoms with Gasteiger partial charge in [-0.2, -0.15) is 0 Å². The predicted octanol–water partition coefficient (Wildman–Crippen LogP) is 2.65. The van der Waals surface area contributed by atoms with Gasteiger partial charge in [-0.05, 0) is 31.5 Å². The fraction of sp³-hybridized carbons (Fsp3) is 0.462. The maximum Gasteiger partial charge on any atom is 0.125 e. The van der Waals surface area contributed by atoms with Crippen LogP contribution in [0.4, 0.5) is 4.39 Å². The van der Waals surface area contributed by atoms with Gasteiger partial charge >= 0.3 is 0 Å². The number of nitrogens with two attached hydrogens (primary N) is 1. The lowest BCUT2D eigenvalue weighted by atomic mass is 10.1. The molecule has 0 radical (unpaired) electrons. The van der Waals surface area contributed by atoms with Gasteiger partial charge in [-0.1, -0.05) is 6.92 Å². The maximum absolute atomic E-state index is 13.3. The van der Waals surface area contributed by atoms with Gasteiger partial charge in [-0.3, -0.25) is 0 Å². The molecule has 0 bridgehead atoms. The topological polar surface area (TPSA) is 43.8 Å². The Bertz CT molecular complexity index is 515. The van der Waals surface area contributed by atoms with Crippen LogP contribution in [0.5, 0.6) is 0 Å². The van der Waals surface area contributed by atoms with Crippen molar-refractivity contribution in [3.63, 3.8) is 0 Å². The van der Waals surface area contributed by atoms with Crippen LogP contribution < -0.4 is 5.73 Å². The summed E-state index contributed by atoms with van der Waals surface area (Å²) in [5.74, 6) is 0.989. The number of aromatic nitrogens is 2. The number of imidazole rings is 1. The van der Waals surface area contributed by atoms with Crippen molar-refractivity contribution in [3.8, 4) is 0 Å². The fourth-order valence-electron chi connectivity index (χ4n) is 2.21. The first-order chi connectivity index (χ1) is 8.21. The van der Waals surface area contributed by atoms with Crippen LogP contribution in [0.1, 0.15) is 32.0 Å². The first kappa shape index (κ1) is 12.0. The zero-order valence-electron chi connectivity index (χ0n) is 10.3. The average molecular weight is 235 g/mol. The van der Waals surface area contributed by atoms with Crippen molar-refractivity contribution in [2.75, 3.05) is 6.54 Å². The normalized spacial score (nSPS) is 13.2. The molecule has 3 nitrogen and oxygen atoms in total. The standard InChI is InChI=1S/C13H18FN3/c1-3-9(8-15)13-16-11-6-5-10(14)7-12(11)17(13)4-2/h5-7,9H,3-4,8,15H2,1-2H3. The van der Waals surface area contributed by atoms with Crippen LogP contribution in [0.25, 0.3) is 11.0 Å². The van der Waals surface area contributed by atoms with Crippen molar-refractivity contribution in [3.05, 3.63) is 29.8 Å². The second kappa shape index (κ2) is 4.84. The molecule has 1 heterocycles. The number of benzene rings is 1. The molecule has 0 aliphatic heterocycles. The SMILES string of the molecule is CCC(CN)c1nc2ccc(F)cc2n1CC. The van der Waals surface area contributed by atoms with E-state index in [0.29, 0.717) is 6.54 Å². The van der Waals surface area contributed by atoms with Gasteiger partial charge in [0.25, 0.3) is 0 Å². The lowest BCUT2D eigenvalue weighted by Gasteiger charge is -2.13. The minimum absolute atomic E-state index is 0.223. The zero-order chi connectivity index (χ0) is 12.4. The quantitative estimate of drug-likeness (QED) is 0.885. The third-order valence-electron chi connectivity index (χ3n) is 3.20. The van der Waals surface area contributed by atoms with E-state index >= 15 is 0 Å². The largest absolute Gasteiger partial charge is 0.330 e. The Kier molecular flexibility index (Phi) is 3.43. The van der Waals surface area contributed by atoms with E-state index in [-0.39, 0.29) is 11.7 Å². The van der Waals surface area contributed by atoms with Gasteiger partial charge in [0.2, 0.25) is 0 Å². The Morgan fingerprint density at radius 1 is 1.41 bits per heavy atom. The molecule has 17 heavy (non-hydrogen) atoms. The highest BCUT2D eigenvalue weighted by atomic mass is 19.1. The van der Waals surface area contributed by atoms with Gasteiger partial charge in [-0.25, -0.2) is 9.37 Å². The van der Waals surface area contributed by atoms with Crippen LogP contribution in [0.3, 0.4) is 0 Å². The number of fused-ring (bicyclic) bond motifs is 1. The van der Waals surface area contributed by atoms with Gasteiger partial charge in [0.15, 0.2) is 0 Å². The lowest BCUT2D eigenvalue weighted by Crippen LogP contribution is -2.16. The van der Waals surface area contributed by atoms with E-state index in [2.05, 4.69) is 16.5 Å². The molecular weight excluding hydrogens is 217 g/mol. The van der Waals surface area contributed by atoms with E-state index in [4.69, 9.17) is 5.73 Å². The minimum atomic E-state index is -0.223. The number of halogens is 1. The van der Waals surface area contributed by atoms with Crippen molar-refractivity contribution in [1.29, 1.82) is 0 Å². The fourth-order valence-corrected chi connectivity index (χ4v) is 2.21. The molecule has 0 aliphatic rings. The number of hydrogen-bond acceptors (Lipinski definition) is 2. The molecule has 0 spiro atoms. The smallest absolute Gasteiger partial charge is 0.125 e. The summed E-state index contributed by atoms with van der Waals surface area (Å²) in [6.07, 6.45) is 0.947. The summed E-state index contributed by atoms with van der Waals surface area (Å²) in [6, 6.07) is 4.71. The van der Waals surface area contributed by atoms with Crippen molar-refractivity contribution >= 4 is 11.0 Å². The van der Waals surface area contributed by atoms with Crippen molar-refractivity contribution in [1.82, 2.24) is 9.55 Å². The number of rotatable bonds is 4. The maximum atomic E-state index is 13.3. The second-order valence-electron chi connectivity index (χ2n) is 4.19. The molecule has 92 valence electrons. The van der Waals surface area contributed by atoms with E-state index in [0.717, 1.165) is 29.8 Å². The van der Waals surface area contributed by atoms with E-state index < -0.39 is 0 Å². The van der Waals surface area contributed by atoms with Crippen LogP contribution in [-0.4, -0.2) is 16.1 Å². The summed E-state index contributed by atoms with van der Waals surface area (Å²) in [6.45, 7) is 5.49. The Morgan fingerprint density at radius 2 is 2.18 bits per heavy atom. The van der Waals surface area contributed by atoms with Crippen LogP contribution >= 0.6 is 0 Å². The highest BCUT2D eigenvalue weighted by Gasteiger charge is 2.17. The summed E-state index contributed by atoms with van der Waals surface area (Å²) >= 11 is 0. The minimum Gasteiger partial charge on any atom is -0.330 e. The summed E-state index contributed by atoms with van der Waals surface area (Å²) < 4.78 is 15.3. The van der Waals surface area contributed by atoms with Gasteiger partial charge in [0.1, 0.15) is 11.6 Å². The second-order valence-corrected chi connectivity index (χ2v) is 4.19. The molecule has 2 aromatic rings. The number of nitrogens with zero attached hydrogens (tertiary/aromatic N) is 2. The molecule has 0 aliphatic carbocycles. The Morgan fingerprint density at radius 3 is 2.76 bits per heavy atom. The highest BCUT2D eigenvalue weighted by Crippen LogP contribution is 2.24. The molecule has 1 aromatic heterocycles. The lowest BCUT2D eigenvalue weighted by molar-refractivity contribution is 0.585. The molecule has 2 rings (SSSR count). The summed E-state index contributed by atoms with van der Waals surface area (Å²) in [4.78, 5) is 4.58. The average Bonchev–Trinajstić information content (AvgIpc) is 2.68. The van der Waals surface area contributed by atoms with Crippen molar-refractivity contribution in [2.45, 2.75) is 32.7 Å². The van der Waals surface area contributed by atoms with Crippen LogP contribution in [-0.2, 0) is 6.54 Å². The monoisotopic (exact) mass is 235 g/mol. The Balaban J connectivity index is 2.63. The molecule has 0 amide bonds. The van der Waals surface area contributed by atoms with Crippen LogP contribution in [0, 0.1) is 5.82 Å². The molecule has 0 saturated carbocycles. The predicted molar refractivity (Wildman–Crippen MR) is 67.5 cm³/mol. The summed E-state index contributed by atoms with van der Waals surface area (Å²) in [5, 5.41) is 0. The third-order valence-corrected chi connectivity index (χ3v) is 3.20. The summed E-state index contributed by atoms with van der Waals surface area (Å²) in [5.41, 5.74) is 7.46. The van der Waals surface area contributed by atoms with E-state index in [9.17, 15) is 4.39 Å². The van der Waals surface area contributed by atoms with Gasteiger partial charge in [-0.15, -0.1) is 0 Å². The third kappa shape index (κ3) is 2.05.